The molecule has 3 nitrogen and oxygen atoms in total. The van der Waals surface area contributed by atoms with Crippen molar-refractivity contribution in [2.24, 2.45) is 11.8 Å². The van der Waals surface area contributed by atoms with Gasteiger partial charge in [0.1, 0.15) is 5.75 Å². The van der Waals surface area contributed by atoms with Gasteiger partial charge in [-0.2, -0.15) is 0 Å². The van der Waals surface area contributed by atoms with E-state index in [1.165, 1.54) is 6.42 Å². The molecular weight excluding hydrogens is 238 g/mol. The zero-order chi connectivity index (χ0) is 14.0. The van der Waals surface area contributed by atoms with Gasteiger partial charge in [-0.3, -0.25) is 0 Å². The Balaban J connectivity index is 1.98. The van der Waals surface area contributed by atoms with E-state index in [9.17, 15) is 5.11 Å². The Kier molecular flexibility index (Phi) is 4.48. The first kappa shape index (κ1) is 14.4. The third kappa shape index (κ3) is 3.71. The maximum absolute atomic E-state index is 10.4. The highest BCUT2D eigenvalue weighted by Gasteiger charge is 2.33. The van der Waals surface area contributed by atoms with E-state index in [2.05, 4.69) is 18.9 Å². The summed E-state index contributed by atoms with van der Waals surface area (Å²) in [5.74, 6) is 2.44. The summed E-state index contributed by atoms with van der Waals surface area (Å²) in [5, 5.41) is 10.4. The number of rotatable bonds is 6. The average molecular weight is 263 g/mol. The van der Waals surface area contributed by atoms with Gasteiger partial charge < -0.3 is 14.7 Å². The molecule has 1 N–H and O–H groups in total. The van der Waals surface area contributed by atoms with Crippen LogP contribution in [-0.2, 0) is 0 Å². The standard InChI is InChI=1S/C16H25NO2/c1-11-5-6-16(19-4)14(7-11)15(18)10-17(3)9-13-8-12(13)2/h5-7,12-13,15,18H,8-10H2,1-4H3. The topological polar surface area (TPSA) is 32.7 Å². The predicted octanol–water partition coefficient (Wildman–Crippen LogP) is 2.62. The molecule has 0 saturated heterocycles. The molecule has 3 heteroatoms. The van der Waals surface area contributed by atoms with Gasteiger partial charge in [0.05, 0.1) is 13.2 Å². The molecule has 2 rings (SSSR count). The second-order valence-electron chi connectivity index (χ2n) is 5.96. The van der Waals surface area contributed by atoms with Crippen LogP contribution < -0.4 is 4.74 Å². The summed E-state index contributed by atoms with van der Waals surface area (Å²) < 4.78 is 5.34. The van der Waals surface area contributed by atoms with E-state index in [1.807, 2.05) is 25.1 Å². The highest BCUT2D eigenvalue weighted by molar-refractivity contribution is 5.38. The van der Waals surface area contributed by atoms with Crippen LogP contribution in [0.4, 0.5) is 0 Å². The summed E-state index contributed by atoms with van der Waals surface area (Å²) >= 11 is 0. The van der Waals surface area contributed by atoms with Gasteiger partial charge >= 0.3 is 0 Å². The van der Waals surface area contributed by atoms with Crippen molar-refractivity contribution in [1.82, 2.24) is 4.90 Å². The van der Waals surface area contributed by atoms with Gasteiger partial charge in [0.15, 0.2) is 0 Å². The van der Waals surface area contributed by atoms with Gasteiger partial charge in [-0.05, 0) is 44.4 Å². The van der Waals surface area contributed by atoms with Crippen LogP contribution in [-0.4, -0.2) is 37.3 Å². The zero-order valence-corrected chi connectivity index (χ0v) is 12.4. The Morgan fingerprint density at radius 2 is 2.16 bits per heavy atom. The van der Waals surface area contributed by atoms with E-state index in [1.54, 1.807) is 7.11 Å². The Bertz CT molecular complexity index is 433. The van der Waals surface area contributed by atoms with Gasteiger partial charge in [0.25, 0.3) is 0 Å². The number of likely N-dealkylation sites (N-methyl/N-ethyl adjacent to an activating group) is 1. The molecule has 1 aromatic rings. The van der Waals surface area contributed by atoms with Crippen LogP contribution in [0.2, 0.25) is 0 Å². The second-order valence-corrected chi connectivity index (χ2v) is 5.96. The first-order valence-electron chi connectivity index (χ1n) is 7.02. The lowest BCUT2D eigenvalue weighted by atomic mass is 10.0. The third-order valence-electron chi connectivity index (χ3n) is 4.05. The fraction of sp³-hybridized carbons (Fsp3) is 0.625. The maximum Gasteiger partial charge on any atom is 0.124 e. The van der Waals surface area contributed by atoms with E-state index < -0.39 is 6.10 Å². The monoisotopic (exact) mass is 263 g/mol. The lowest BCUT2D eigenvalue weighted by molar-refractivity contribution is 0.121. The van der Waals surface area contributed by atoms with E-state index >= 15 is 0 Å². The second kappa shape index (κ2) is 5.93. The normalized spacial score (nSPS) is 23.5. The Morgan fingerprint density at radius 1 is 1.47 bits per heavy atom. The molecule has 1 aromatic carbocycles. The number of aliphatic hydroxyl groups is 1. The molecule has 3 atom stereocenters. The lowest BCUT2D eigenvalue weighted by Gasteiger charge is -2.22. The van der Waals surface area contributed by atoms with Crippen LogP contribution in [0.1, 0.15) is 30.6 Å². The number of aliphatic hydroxyl groups excluding tert-OH is 1. The van der Waals surface area contributed by atoms with Crippen LogP contribution in [0.5, 0.6) is 5.75 Å². The number of ether oxygens (including phenoxy) is 1. The Morgan fingerprint density at radius 3 is 2.74 bits per heavy atom. The molecule has 1 aliphatic rings. The Labute approximate surface area is 116 Å². The maximum atomic E-state index is 10.4. The molecule has 0 amide bonds. The van der Waals surface area contributed by atoms with Gasteiger partial charge in [-0.25, -0.2) is 0 Å². The third-order valence-corrected chi connectivity index (χ3v) is 4.05. The molecule has 0 aliphatic heterocycles. The molecule has 0 radical (unpaired) electrons. The summed E-state index contributed by atoms with van der Waals surface area (Å²) in [6.45, 7) is 6.05. The number of aryl methyl sites for hydroxylation is 1. The fourth-order valence-corrected chi connectivity index (χ4v) is 2.64. The van der Waals surface area contributed by atoms with Crippen molar-refractivity contribution < 1.29 is 9.84 Å². The van der Waals surface area contributed by atoms with Gasteiger partial charge in [0, 0.05) is 18.7 Å². The van der Waals surface area contributed by atoms with Crippen molar-refractivity contribution in [2.45, 2.75) is 26.4 Å². The van der Waals surface area contributed by atoms with E-state index in [4.69, 9.17) is 4.74 Å². The van der Waals surface area contributed by atoms with Crippen LogP contribution in [0.15, 0.2) is 18.2 Å². The summed E-state index contributed by atoms with van der Waals surface area (Å²) in [5.41, 5.74) is 2.03. The summed E-state index contributed by atoms with van der Waals surface area (Å²) in [7, 11) is 3.73. The number of hydrogen-bond donors (Lipinski definition) is 1. The van der Waals surface area contributed by atoms with Gasteiger partial charge in [-0.1, -0.05) is 18.6 Å². The molecule has 3 unspecified atom stereocenters. The molecular formula is C16H25NO2. The molecule has 106 valence electrons. The van der Waals surface area contributed by atoms with Crippen LogP contribution in [0.3, 0.4) is 0 Å². The molecule has 19 heavy (non-hydrogen) atoms. The number of benzene rings is 1. The predicted molar refractivity (Wildman–Crippen MR) is 77.5 cm³/mol. The number of methoxy groups -OCH3 is 1. The van der Waals surface area contributed by atoms with Crippen LogP contribution in [0, 0.1) is 18.8 Å². The molecule has 1 aliphatic carbocycles. The van der Waals surface area contributed by atoms with Crippen molar-refractivity contribution in [2.75, 3.05) is 27.2 Å². The first-order valence-corrected chi connectivity index (χ1v) is 7.02. The Hall–Kier alpha value is -1.06. The minimum atomic E-state index is -0.492. The number of nitrogens with zero attached hydrogens (tertiary/aromatic N) is 1. The quantitative estimate of drug-likeness (QED) is 0.856. The molecule has 0 bridgehead atoms. The number of hydrogen-bond acceptors (Lipinski definition) is 3. The van der Waals surface area contributed by atoms with E-state index in [0.29, 0.717) is 6.54 Å². The van der Waals surface area contributed by atoms with Crippen molar-refractivity contribution in [3.05, 3.63) is 29.3 Å². The first-order chi connectivity index (χ1) is 9.01. The highest BCUT2D eigenvalue weighted by Crippen LogP contribution is 2.38. The molecule has 0 spiro atoms. The van der Waals surface area contributed by atoms with Crippen LogP contribution in [0.25, 0.3) is 0 Å². The van der Waals surface area contributed by atoms with Crippen molar-refractivity contribution in [1.29, 1.82) is 0 Å². The van der Waals surface area contributed by atoms with E-state index in [0.717, 1.165) is 35.3 Å². The molecule has 1 saturated carbocycles. The summed E-state index contributed by atoms with van der Waals surface area (Å²) in [4.78, 5) is 2.22. The largest absolute Gasteiger partial charge is 0.496 e. The van der Waals surface area contributed by atoms with Crippen LogP contribution >= 0.6 is 0 Å². The summed E-state index contributed by atoms with van der Waals surface area (Å²) in [6, 6.07) is 5.94. The minimum absolute atomic E-state index is 0.492. The smallest absolute Gasteiger partial charge is 0.124 e. The SMILES string of the molecule is COc1ccc(C)cc1C(O)CN(C)CC1CC1C. The van der Waals surface area contributed by atoms with Crippen molar-refractivity contribution >= 4 is 0 Å². The average Bonchev–Trinajstić information content (AvgIpc) is 3.04. The van der Waals surface area contributed by atoms with Gasteiger partial charge in [-0.15, -0.1) is 0 Å². The fourth-order valence-electron chi connectivity index (χ4n) is 2.64. The molecule has 0 aromatic heterocycles. The van der Waals surface area contributed by atoms with Gasteiger partial charge in [0.2, 0.25) is 0 Å². The van der Waals surface area contributed by atoms with Crippen molar-refractivity contribution in [3.8, 4) is 5.75 Å². The van der Waals surface area contributed by atoms with E-state index in [-0.39, 0.29) is 0 Å². The minimum Gasteiger partial charge on any atom is -0.496 e. The zero-order valence-electron chi connectivity index (χ0n) is 12.4. The molecule has 0 heterocycles. The summed E-state index contributed by atoms with van der Waals surface area (Å²) in [6.07, 6.45) is 0.836. The highest BCUT2D eigenvalue weighted by atomic mass is 16.5. The molecule has 1 fully saturated rings. The van der Waals surface area contributed by atoms with Crippen molar-refractivity contribution in [3.63, 3.8) is 0 Å². The lowest BCUT2D eigenvalue weighted by Crippen LogP contribution is -2.27.